The largest absolute Gasteiger partial charge is 0.496 e. The van der Waals surface area contributed by atoms with Crippen LogP contribution in [-0.2, 0) is 70.3 Å². The molecule has 0 aliphatic carbocycles. The van der Waals surface area contributed by atoms with Crippen LogP contribution in [0.1, 0.15) is 162 Å². The third kappa shape index (κ3) is 24.3. The minimum Gasteiger partial charge on any atom is -0.496 e. The molecule has 2 fully saturated rings. The molecule has 2 heterocycles. The highest BCUT2D eigenvalue weighted by atomic mass is 16.5. The number of likely N-dealkylation sites (tertiary alicyclic amines) is 1. The first kappa shape index (κ1) is 84.2. The van der Waals surface area contributed by atoms with Crippen LogP contribution < -0.4 is 36.6 Å². The van der Waals surface area contributed by atoms with Crippen LogP contribution in [0, 0.1) is 23.7 Å². The van der Waals surface area contributed by atoms with Gasteiger partial charge in [0.05, 0.1) is 44.0 Å². The van der Waals surface area contributed by atoms with E-state index in [0.29, 0.717) is 43.5 Å². The summed E-state index contributed by atoms with van der Waals surface area (Å²) in [5.74, 6) is -9.94. The first-order valence-corrected chi connectivity index (χ1v) is 35.2. The lowest BCUT2D eigenvalue weighted by atomic mass is 9.95. The van der Waals surface area contributed by atoms with E-state index in [9.17, 15) is 29.1 Å². The molecule has 0 saturated carbocycles. The molecule has 0 bridgehead atoms. The molecule has 12 amide bonds. The third-order valence-corrected chi connectivity index (χ3v) is 18.6. The topological polar surface area (TPSA) is 335 Å². The van der Waals surface area contributed by atoms with Gasteiger partial charge in [0.1, 0.15) is 60.1 Å². The number of aryl methyl sites for hydroxylation is 1. The summed E-state index contributed by atoms with van der Waals surface area (Å²) in [6, 6.07) is 0.851. The number of hydrogen-bond donors (Lipinski definition) is 7. The number of carbonyl (C=O) groups is 12. The normalized spacial score (nSPS) is 24.1. The van der Waals surface area contributed by atoms with Crippen molar-refractivity contribution in [2.75, 3.05) is 75.6 Å². The number of amides is 12. The van der Waals surface area contributed by atoms with E-state index >= 15 is 33.6 Å². The Hall–Kier alpha value is -8.20. The number of benzene rings is 2. The van der Waals surface area contributed by atoms with Crippen molar-refractivity contribution in [2.24, 2.45) is 23.7 Å². The van der Waals surface area contributed by atoms with Gasteiger partial charge < -0.3 is 75.9 Å². The third-order valence-electron chi connectivity index (χ3n) is 18.6. The average Bonchev–Trinajstić information content (AvgIpc) is 0.826. The van der Waals surface area contributed by atoms with E-state index in [1.54, 1.807) is 81.1 Å². The summed E-state index contributed by atoms with van der Waals surface area (Å²) in [7, 11) is 9.75. The number of hydrogen-bond acceptors (Lipinski definition) is 15. The minimum absolute atomic E-state index is 0.0164. The molecular weight excluding hydrogens is 1280 g/mol. The lowest BCUT2D eigenvalue weighted by molar-refractivity contribution is -0.151. The average molecular weight is 1400 g/mol. The number of ether oxygens (including phenoxy) is 2. The van der Waals surface area contributed by atoms with Gasteiger partial charge in [-0.05, 0) is 126 Å². The smallest absolute Gasteiger partial charge is 0.254 e. The molecule has 558 valence electrons. The van der Waals surface area contributed by atoms with Crippen LogP contribution >= 0.6 is 0 Å². The fraction of sp³-hybridized carbons (Fsp3) is 0.671. The second-order valence-corrected chi connectivity index (χ2v) is 29.1. The Balaban J connectivity index is 2.01. The number of aliphatic hydroxyl groups is 1. The predicted octanol–water partition coefficient (Wildman–Crippen LogP) is 3.22. The van der Waals surface area contributed by atoms with Crippen LogP contribution in [-0.4, -0.2) is 247 Å². The van der Waals surface area contributed by atoms with Crippen LogP contribution in [0.5, 0.6) is 5.75 Å². The van der Waals surface area contributed by atoms with Gasteiger partial charge >= 0.3 is 0 Å². The van der Waals surface area contributed by atoms with Crippen molar-refractivity contribution in [2.45, 2.75) is 220 Å². The summed E-state index contributed by atoms with van der Waals surface area (Å²) in [5, 5.41) is 27.9. The van der Waals surface area contributed by atoms with Crippen LogP contribution in [0.2, 0.25) is 0 Å². The van der Waals surface area contributed by atoms with E-state index in [2.05, 4.69) is 31.9 Å². The zero-order chi connectivity index (χ0) is 75.2. The second kappa shape index (κ2) is 39.1. The van der Waals surface area contributed by atoms with Crippen LogP contribution in [0.4, 0.5) is 0 Å². The van der Waals surface area contributed by atoms with Crippen molar-refractivity contribution < 1.29 is 72.1 Å². The summed E-state index contributed by atoms with van der Waals surface area (Å²) in [6.07, 6.45) is 0.220. The van der Waals surface area contributed by atoms with Crippen molar-refractivity contribution >= 4 is 70.9 Å². The standard InChI is InChI=1S/C73H116N12O15/c1-20-46(8)62-68(94)76-51(32-30-49-29-31-50(63(89)74-13)58(39-49)99-19)64(90)77-52(70(96)85-33-25-22-26-34-85)40-59(87)80(14)55(36-44(4)5)66(92)78-53(42-100-73(10,11)12)69(95)81(15)56(37-45(6)7)67(93)79-61(47(9)86)72(98)83(17)57(38-48-27-23-21-24-28-48)71(97)82(16)54(35-43(2)3)65(91)75-41-60(88)84(62)18/h21,23-24,27-29,31,39,43-47,51-57,61-62,86H,20,22,25-26,30,32-38,40-42H2,1-19H3,(H,74,89)(H,75,91)(H,76,94)(H,77,90)(H,78,92)(H,79,93)/t46-,47+,51-,52-,53-,54-,55+,56-,57-,61-,62-/m0/s1. The molecule has 0 spiro atoms. The predicted molar refractivity (Wildman–Crippen MR) is 379 cm³/mol. The molecule has 2 aromatic rings. The van der Waals surface area contributed by atoms with E-state index in [1.807, 2.05) is 48.5 Å². The molecule has 7 N–H and O–H groups in total. The molecule has 2 aliphatic rings. The number of carbonyl (C=O) groups excluding carboxylic acids is 12. The van der Waals surface area contributed by atoms with Gasteiger partial charge in [-0.2, -0.15) is 0 Å². The fourth-order valence-electron chi connectivity index (χ4n) is 12.4. The molecule has 0 aromatic heterocycles. The van der Waals surface area contributed by atoms with Crippen molar-refractivity contribution in [3.63, 3.8) is 0 Å². The minimum atomic E-state index is -1.71. The van der Waals surface area contributed by atoms with Gasteiger partial charge in [0.15, 0.2) is 0 Å². The van der Waals surface area contributed by atoms with E-state index in [1.165, 1.54) is 66.1 Å². The van der Waals surface area contributed by atoms with Gasteiger partial charge in [0.25, 0.3) is 5.91 Å². The Morgan fingerprint density at radius 3 is 1.69 bits per heavy atom. The van der Waals surface area contributed by atoms with E-state index in [4.69, 9.17) is 9.47 Å². The Morgan fingerprint density at radius 2 is 1.15 bits per heavy atom. The van der Waals surface area contributed by atoms with E-state index in [0.717, 1.165) is 21.1 Å². The fourth-order valence-corrected chi connectivity index (χ4v) is 12.4. The first-order valence-electron chi connectivity index (χ1n) is 35.2. The first-order chi connectivity index (χ1) is 46.9. The number of methoxy groups -OCH3 is 1. The van der Waals surface area contributed by atoms with Crippen molar-refractivity contribution in [1.82, 2.24) is 61.3 Å². The summed E-state index contributed by atoms with van der Waals surface area (Å²) in [6.45, 7) is 20.6. The Bertz CT molecular complexity index is 3130. The van der Waals surface area contributed by atoms with Gasteiger partial charge in [0, 0.05) is 61.8 Å². The summed E-state index contributed by atoms with van der Waals surface area (Å²) in [5.41, 5.74) is 0.574. The number of nitrogens with zero attached hydrogens (tertiary/aromatic N) is 6. The quantitative estimate of drug-likeness (QED) is 0.106. The van der Waals surface area contributed by atoms with Gasteiger partial charge in [-0.3, -0.25) is 57.5 Å². The van der Waals surface area contributed by atoms with Crippen LogP contribution in [0.3, 0.4) is 0 Å². The maximum atomic E-state index is 15.3. The van der Waals surface area contributed by atoms with Crippen molar-refractivity contribution in [1.29, 1.82) is 0 Å². The molecule has 4 rings (SSSR count). The molecule has 0 radical (unpaired) electrons. The molecule has 100 heavy (non-hydrogen) atoms. The monoisotopic (exact) mass is 1400 g/mol. The second-order valence-electron chi connectivity index (χ2n) is 29.1. The molecule has 27 nitrogen and oxygen atoms in total. The highest BCUT2D eigenvalue weighted by Crippen LogP contribution is 2.25. The number of aliphatic hydroxyl groups excluding tert-OH is 1. The van der Waals surface area contributed by atoms with E-state index in [-0.39, 0.29) is 67.6 Å². The zero-order valence-electron chi connectivity index (χ0n) is 62.7. The highest BCUT2D eigenvalue weighted by molar-refractivity contribution is 6.00. The molecule has 2 aliphatic heterocycles. The van der Waals surface area contributed by atoms with Gasteiger partial charge in [-0.1, -0.05) is 98.2 Å². The van der Waals surface area contributed by atoms with Gasteiger partial charge in [0.2, 0.25) is 65.0 Å². The van der Waals surface area contributed by atoms with Gasteiger partial charge in [-0.15, -0.1) is 0 Å². The molecule has 2 aromatic carbocycles. The van der Waals surface area contributed by atoms with Crippen molar-refractivity contribution in [3.8, 4) is 5.75 Å². The van der Waals surface area contributed by atoms with Crippen LogP contribution in [0.15, 0.2) is 48.5 Å². The Kier molecular flexibility index (Phi) is 33.0. The number of piperidine rings is 1. The molecule has 2 saturated heterocycles. The highest BCUT2D eigenvalue weighted by Gasteiger charge is 2.44. The maximum Gasteiger partial charge on any atom is 0.254 e. The number of nitrogens with one attached hydrogen (secondary N) is 6. The number of likely N-dealkylation sites (N-methyl/N-ethyl adjacent to an activating group) is 5. The zero-order valence-corrected chi connectivity index (χ0v) is 62.7. The maximum absolute atomic E-state index is 15.3. The lowest BCUT2D eigenvalue weighted by Crippen LogP contribution is -2.63. The molecule has 0 unspecified atom stereocenters. The van der Waals surface area contributed by atoms with Crippen molar-refractivity contribution in [3.05, 3.63) is 65.2 Å². The SMILES string of the molecule is CC[C@H](C)[C@H]1C(=O)N[C@@H](CCc2ccc(C(=O)NC)c(OC)c2)C(=O)N[C@H](C(=O)N2CCCCC2)CC(=O)N(C)[C@H](CC(C)C)C(=O)N[C@@H](COC(C)(C)C)C(=O)N(C)[C@@H](CC(C)C)C(=O)N[C@@H]([C@@H](C)O)C(=O)N(C)[C@@H](Cc2ccccc2)C(=O)N(C)[C@@H](CC(C)C)C(=O)NCC(=O)N1C. The van der Waals surface area contributed by atoms with Crippen LogP contribution in [0.25, 0.3) is 0 Å². The van der Waals surface area contributed by atoms with Gasteiger partial charge in [-0.25, -0.2) is 0 Å². The lowest BCUT2D eigenvalue weighted by Gasteiger charge is -2.38. The molecule has 11 atom stereocenters. The summed E-state index contributed by atoms with van der Waals surface area (Å²) in [4.78, 5) is 185. The molecular formula is C73H116N12O15. The Morgan fingerprint density at radius 1 is 0.610 bits per heavy atom. The summed E-state index contributed by atoms with van der Waals surface area (Å²) < 4.78 is 11.7. The Labute approximate surface area is 592 Å². The number of rotatable bonds is 19. The molecule has 27 heteroatoms. The van der Waals surface area contributed by atoms with E-state index < -0.39 is 162 Å². The summed E-state index contributed by atoms with van der Waals surface area (Å²) >= 11 is 0.